The Hall–Kier alpha value is -1.65. The van der Waals surface area contributed by atoms with Crippen molar-refractivity contribution in [2.45, 2.75) is 17.9 Å². The first-order chi connectivity index (χ1) is 10.3. The van der Waals surface area contributed by atoms with Crippen LogP contribution in [0.3, 0.4) is 0 Å². The lowest BCUT2D eigenvalue weighted by Gasteiger charge is -2.12. The molecule has 0 aliphatic rings. The number of rotatable bonds is 8. The molecule has 0 aromatic heterocycles. The maximum atomic E-state index is 5.80. The predicted molar refractivity (Wildman–Crippen MR) is 88.2 cm³/mol. The molecule has 21 heavy (non-hydrogen) atoms. The third-order valence-electron chi connectivity index (χ3n) is 3.07. The van der Waals surface area contributed by atoms with Gasteiger partial charge >= 0.3 is 0 Å². The van der Waals surface area contributed by atoms with E-state index < -0.39 is 0 Å². The van der Waals surface area contributed by atoms with Crippen LogP contribution < -0.4 is 15.2 Å². The molecular formula is C17H21NO2S. The Morgan fingerprint density at radius 3 is 2.24 bits per heavy atom. The van der Waals surface area contributed by atoms with Crippen molar-refractivity contribution in [2.75, 3.05) is 19.5 Å². The zero-order chi connectivity index (χ0) is 14.9. The first-order valence-corrected chi connectivity index (χ1v) is 8.24. The number of ether oxygens (including phenoxy) is 2. The molecule has 3 nitrogen and oxygen atoms in total. The first kappa shape index (κ1) is 15.7. The minimum Gasteiger partial charge on any atom is -0.493 e. The van der Waals surface area contributed by atoms with Gasteiger partial charge in [0.15, 0.2) is 0 Å². The summed E-state index contributed by atoms with van der Waals surface area (Å²) < 4.78 is 11.6. The molecule has 0 unspecified atom stereocenters. The molecule has 0 bridgehead atoms. The van der Waals surface area contributed by atoms with Gasteiger partial charge in [0, 0.05) is 23.4 Å². The van der Waals surface area contributed by atoms with Gasteiger partial charge in [-0.1, -0.05) is 30.3 Å². The Morgan fingerprint density at radius 2 is 1.52 bits per heavy atom. The zero-order valence-corrected chi connectivity index (χ0v) is 13.1. The standard InChI is InChI=1S/C17H21NO2S/c1-21-17-10-5-4-9-16(17)20-12-6-11-19-15-8-3-2-7-14(15)13-18/h2-5,7-10H,6,11-13,18H2,1H3. The van der Waals surface area contributed by atoms with Gasteiger partial charge in [0.25, 0.3) is 0 Å². The van der Waals surface area contributed by atoms with Crippen LogP contribution in [0.5, 0.6) is 11.5 Å². The number of thioether (sulfide) groups is 1. The molecule has 0 aliphatic carbocycles. The number of hydrogen-bond donors (Lipinski definition) is 1. The predicted octanol–water partition coefficient (Wildman–Crippen LogP) is 3.72. The molecule has 0 saturated carbocycles. The molecule has 112 valence electrons. The van der Waals surface area contributed by atoms with Crippen LogP contribution in [-0.2, 0) is 6.54 Å². The first-order valence-electron chi connectivity index (χ1n) is 7.01. The average molecular weight is 303 g/mol. The molecule has 0 spiro atoms. The topological polar surface area (TPSA) is 44.5 Å². The van der Waals surface area contributed by atoms with Crippen LogP contribution in [0.1, 0.15) is 12.0 Å². The number of para-hydroxylation sites is 2. The van der Waals surface area contributed by atoms with E-state index in [9.17, 15) is 0 Å². The van der Waals surface area contributed by atoms with E-state index in [1.54, 1.807) is 11.8 Å². The van der Waals surface area contributed by atoms with E-state index in [-0.39, 0.29) is 0 Å². The van der Waals surface area contributed by atoms with Crippen molar-refractivity contribution in [3.63, 3.8) is 0 Å². The average Bonchev–Trinajstić information content (AvgIpc) is 2.55. The zero-order valence-electron chi connectivity index (χ0n) is 12.2. The molecule has 0 amide bonds. The number of benzene rings is 2. The summed E-state index contributed by atoms with van der Waals surface area (Å²) in [6.07, 6.45) is 2.89. The van der Waals surface area contributed by atoms with Gasteiger partial charge in [-0.05, 0) is 24.5 Å². The van der Waals surface area contributed by atoms with Crippen LogP contribution in [0.4, 0.5) is 0 Å². The van der Waals surface area contributed by atoms with E-state index in [4.69, 9.17) is 15.2 Å². The van der Waals surface area contributed by atoms with Crippen LogP contribution in [-0.4, -0.2) is 19.5 Å². The van der Waals surface area contributed by atoms with Crippen molar-refractivity contribution in [3.8, 4) is 11.5 Å². The fourth-order valence-electron chi connectivity index (χ4n) is 1.97. The van der Waals surface area contributed by atoms with Crippen LogP contribution in [0, 0.1) is 0 Å². The SMILES string of the molecule is CSc1ccccc1OCCCOc1ccccc1CN. The Balaban J connectivity index is 1.75. The second-order valence-corrected chi connectivity index (χ2v) is 5.36. The van der Waals surface area contributed by atoms with E-state index in [0.717, 1.165) is 28.4 Å². The largest absolute Gasteiger partial charge is 0.493 e. The Morgan fingerprint density at radius 1 is 0.905 bits per heavy atom. The highest BCUT2D eigenvalue weighted by Gasteiger charge is 2.02. The van der Waals surface area contributed by atoms with E-state index >= 15 is 0 Å². The fourth-order valence-corrected chi connectivity index (χ4v) is 2.52. The van der Waals surface area contributed by atoms with Crippen molar-refractivity contribution in [3.05, 3.63) is 54.1 Å². The number of hydrogen-bond acceptors (Lipinski definition) is 4. The van der Waals surface area contributed by atoms with Gasteiger partial charge in [-0.3, -0.25) is 0 Å². The third-order valence-corrected chi connectivity index (χ3v) is 3.84. The van der Waals surface area contributed by atoms with Gasteiger partial charge in [-0.2, -0.15) is 0 Å². The second kappa shape index (κ2) is 8.60. The molecule has 0 atom stereocenters. The van der Waals surface area contributed by atoms with E-state index in [2.05, 4.69) is 12.3 Å². The van der Waals surface area contributed by atoms with Gasteiger partial charge in [0.1, 0.15) is 11.5 Å². The summed E-state index contributed by atoms with van der Waals surface area (Å²) in [5.41, 5.74) is 6.72. The molecule has 0 fully saturated rings. The molecule has 2 aromatic carbocycles. The maximum absolute atomic E-state index is 5.80. The van der Waals surface area contributed by atoms with Crippen molar-refractivity contribution in [1.29, 1.82) is 0 Å². The van der Waals surface area contributed by atoms with E-state index in [0.29, 0.717) is 19.8 Å². The monoisotopic (exact) mass is 303 g/mol. The fraction of sp³-hybridized carbons (Fsp3) is 0.294. The van der Waals surface area contributed by atoms with Gasteiger partial charge in [0.2, 0.25) is 0 Å². The Kier molecular flexibility index (Phi) is 6.44. The molecule has 4 heteroatoms. The molecule has 0 saturated heterocycles. The van der Waals surface area contributed by atoms with Gasteiger partial charge in [-0.25, -0.2) is 0 Å². The lowest BCUT2D eigenvalue weighted by Crippen LogP contribution is -2.07. The summed E-state index contributed by atoms with van der Waals surface area (Å²) in [5, 5.41) is 0. The molecule has 0 radical (unpaired) electrons. The normalized spacial score (nSPS) is 10.4. The molecule has 0 heterocycles. The van der Waals surface area contributed by atoms with Crippen LogP contribution in [0.25, 0.3) is 0 Å². The summed E-state index contributed by atoms with van der Waals surface area (Å²) >= 11 is 1.69. The van der Waals surface area contributed by atoms with Crippen molar-refractivity contribution in [1.82, 2.24) is 0 Å². The third kappa shape index (κ3) is 4.69. The number of nitrogens with two attached hydrogens (primary N) is 1. The Labute approximate surface area is 130 Å². The minimum atomic E-state index is 0.494. The lowest BCUT2D eigenvalue weighted by atomic mass is 10.2. The summed E-state index contributed by atoms with van der Waals surface area (Å²) in [5.74, 6) is 1.80. The van der Waals surface area contributed by atoms with Gasteiger partial charge < -0.3 is 15.2 Å². The highest BCUT2D eigenvalue weighted by atomic mass is 32.2. The highest BCUT2D eigenvalue weighted by molar-refractivity contribution is 7.98. The van der Waals surface area contributed by atoms with Crippen LogP contribution in [0.2, 0.25) is 0 Å². The second-order valence-electron chi connectivity index (χ2n) is 4.51. The molecular weight excluding hydrogens is 282 g/mol. The van der Waals surface area contributed by atoms with Crippen LogP contribution in [0.15, 0.2) is 53.4 Å². The Bertz CT molecular complexity index is 510. The molecule has 2 N–H and O–H groups in total. The van der Waals surface area contributed by atoms with Crippen molar-refractivity contribution < 1.29 is 9.47 Å². The van der Waals surface area contributed by atoms with Gasteiger partial charge in [0.05, 0.1) is 13.2 Å². The van der Waals surface area contributed by atoms with Crippen molar-refractivity contribution >= 4 is 11.8 Å². The van der Waals surface area contributed by atoms with Crippen LogP contribution >= 0.6 is 11.8 Å². The maximum Gasteiger partial charge on any atom is 0.132 e. The molecule has 2 aromatic rings. The summed E-state index contributed by atoms with van der Waals surface area (Å²) in [6, 6.07) is 15.9. The molecule has 2 rings (SSSR count). The van der Waals surface area contributed by atoms with E-state index in [1.165, 1.54) is 0 Å². The highest BCUT2D eigenvalue weighted by Crippen LogP contribution is 2.26. The minimum absolute atomic E-state index is 0.494. The van der Waals surface area contributed by atoms with E-state index in [1.807, 2.05) is 42.5 Å². The summed E-state index contributed by atoms with van der Waals surface area (Å²) in [4.78, 5) is 1.16. The smallest absolute Gasteiger partial charge is 0.132 e. The quantitative estimate of drug-likeness (QED) is 0.596. The molecule has 0 aliphatic heterocycles. The van der Waals surface area contributed by atoms with Gasteiger partial charge in [-0.15, -0.1) is 11.8 Å². The summed E-state index contributed by atoms with van der Waals surface area (Å²) in [7, 11) is 0. The lowest BCUT2D eigenvalue weighted by molar-refractivity contribution is 0.243. The summed E-state index contributed by atoms with van der Waals surface area (Å²) in [6.45, 7) is 1.76. The van der Waals surface area contributed by atoms with Crippen molar-refractivity contribution in [2.24, 2.45) is 5.73 Å².